The second-order valence-corrected chi connectivity index (χ2v) is 4.11. The molecular weight excluding hydrogens is 296 g/mol. The Morgan fingerprint density at radius 3 is 2.82 bits per heavy atom. The van der Waals surface area contributed by atoms with Gasteiger partial charge >= 0.3 is 0 Å². The van der Waals surface area contributed by atoms with E-state index >= 15 is 0 Å². The van der Waals surface area contributed by atoms with Crippen molar-refractivity contribution in [3.8, 4) is 5.69 Å². The molecule has 1 aromatic carbocycles. The van der Waals surface area contributed by atoms with Crippen LogP contribution in [0.3, 0.4) is 0 Å². The van der Waals surface area contributed by atoms with Crippen LogP contribution < -0.4 is 5.32 Å². The quantitative estimate of drug-likeness (QED) is 0.872. The molecule has 0 saturated heterocycles. The second-order valence-electron chi connectivity index (χ2n) is 3.25. The number of hydrogen-bond donors (Lipinski definition) is 1. The van der Waals surface area contributed by atoms with Crippen LogP contribution >= 0.6 is 15.9 Å². The van der Waals surface area contributed by atoms with Crippen molar-refractivity contribution >= 4 is 15.9 Å². The van der Waals surface area contributed by atoms with Gasteiger partial charge in [0.25, 0.3) is 0 Å². The SMILES string of the molecule is CNCc1nnnn1-c1cc(Br)c(F)cc1F. The number of nitrogens with zero attached hydrogens (tertiary/aromatic N) is 4. The molecule has 8 heteroatoms. The molecule has 0 amide bonds. The number of halogens is 3. The van der Waals surface area contributed by atoms with Gasteiger partial charge in [-0.25, -0.2) is 8.78 Å². The Labute approximate surface area is 104 Å². The second kappa shape index (κ2) is 4.84. The molecule has 2 rings (SSSR count). The number of nitrogens with one attached hydrogen (secondary N) is 1. The van der Waals surface area contributed by atoms with Crippen LogP contribution in [0.4, 0.5) is 8.78 Å². The molecule has 0 spiro atoms. The highest BCUT2D eigenvalue weighted by atomic mass is 79.9. The minimum absolute atomic E-state index is 0.0912. The predicted molar refractivity (Wildman–Crippen MR) is 59.5 cm³/mol. The van der Waals surface area contributed by atoms with Gasteiger partial charge in [-0.15, -0.1) is 5.10 Å². The molecule has 1 aromatic heterocycles. The largest absolute Gasteiger partial charge is 0.313 e. The fourth-order valence-corrected chi connectivity index (χ4v) is 1.67. The summed E-state index contributed by atoms with van der Waals surface area (Å²) in [5.74, 6) is -0.963. The summed E-state index contributed by atoms with van der Waals surface area (Å²) in [4.78, 5) is 0. The first-order chi connectivity index (χ1) is 8.13. The smallest absolute Gasteiger partial charge is 0.170 e. The van der Waals surface area contributed by atoms with Gasteiger partial charge in [-0.05, 0) is 39.5 Å². The summed E-state index contributed by atoms with van der Waals surface area (Å²) < 4.78 is 28.1. The van der Waals surface area contributed by atoms with Crippen molar-refractivity contribution in [2.24, 2.45) is 0 Å². The van der Waals surface area contributed by atoms with Gasteiger partial charge in [0, 0.05) is 6.07 Å². The summed E-state index contributed by atoms with van der Waals surface area (Å²) in [5, 5.41) is 13.7. The predicted octanol–water partition coefficient (Wildman–Crippen LogP) is 1.42. The molecule has 0 fully saturated rings. The summed E-state index contributed by atoms with van der Waals surface area (Å²) in [6.07, 6.45) is 0. The maximum Gasteiger partial charge on any atom is 0.170 e. The lowest BCUT2D eigenvalue weighted by Crippen LogP contribution is -2.13. The molecule has 90 valence electrons. The summed E-state index contributed by atoms with van der Waals surface area (Å²) in [5.41, 5.74) is 0.0912. The zero-order chi connectivity index (χ0) is 12.4. The lowest BCUT2D eigenvalue weighted by atomic mass is 10.3. The highest BCUT2D eigenvalue weighted by molar-refractivity contribution is 9.10. The topological polar surface area (TPSA) is 55.6 Å². The molecular formula is C9H8BrF2N5. The third-order valence-corrected chi connectivity index (χ3v) is 2.69. The molecule has 0 aliphatic heterocycles. The lowest BCUT2D eigenvalue weighted by molar-refractivity contribution is 0.564. The van der Waals surface area contributed by atoms with Gasteiger partial charge in [0.1, 0.15) is 11.5 Å². The van der Waals surface area contributed by atoms with Gasteiger partial charge in [0.15, 0.2) is 11.6 Å². The van der Waals surface area contributed by atoms with Crippen LogP contribution in [0, 0.1) is 11.6 Å². The molecule has 0 bridgehead atoms. The highest BCUT2D eigenvalue weighted by Crippen LogP contribution is 2.22. The maximum absolute atomic E-state index is 13.6. The lowest BCUT2D eigenvalue weighted by Gasteiger charge is -2.06. The van der Waals surface area contributed by atoms with Crippen molar-refractivity contribution in [1.82, 2.24) is 25.5 Å². The third kappa shape index (κ3) is 2.32. The summed E-state index contributed by atoms with van der Waals surface area (Å²) in [6.45, 7) is 0.376. The average Bonchev–Trinajstić information content (AvgIpc) is 2.72. The van der Waals surface area contributed by atoms with Crippen LogP contribution in [0.1, 0.15) is 5.82 Å². The molecule has 0 saturated carbocycles. The van der Waals surface area contributed by atoms with Crippen LogP contribution in [0.2, 0.25) is 0 Å². The van der Waals surface area contributed by atoms with Crippen molar-refractivity contribution in [2.75, 3.05) is 7.05 Å². The van der Waals surface area contributed by atoms with Crippen molar-refractivity contribution in [1.29, 1.82) is 0 Å². The third-order valence-electron chi connectivity index (χ3n) is 2.09. The van der Waals surface area contributed by atoms with E-state index in [0.29, 0.717) is 12.4 Å². The highest BCUT2D eigenvalue weighted by Gasteiger charge is 2.14. The van der Waals surface area contributed by atoms with E-state index in [2.05, 4.69) is 36.8 Å². The summed E-state index contributed by atoms with van der Waals surface area (Å²) >= 11 is 2.99. The van der Waals surface area contributed by atoms with Crippen molar-refractivity contribution in [2.45, 2.75) is 6.54 Å². The molecule has 0 atom stereocenters. The minimum Gasteiger partial charge on any atom is -0.313 e. The van der Waals surface area contributed by atoms with Crippen molar-refractivity contribution in [3.05, 3.63) is 34.1 Å². The normalized spacial score (nSPS) is 10.8. The molecule has 5 nitrogen and oxygen atoms in total. The Kier molecular flexibility index (Phi) is 3.43. The molecule has 0 unspecified atom stereocenters. The molecule has 0 radical (unpaired) electrons. The Hall–Kier alpha value is -1.41. The van der Waals surface area contributed by atoms with Gasteiger partial charge in [0.05, 0.1) is 11.0 Å². The van der Waals surface area contributed by atoms with Gasteiger partial charge in [-0.2, -0.15) is 4.68 Å². The van der Waals surface area contributed by atoms with Gasteiger partial charge in [0.2, 0.25) is 0 Å². The molecule has 1 N–H and O–H groups in total. The zero-order valence-corrected chi connectivity index (χ0v) is 10.4. The maximum atomic E-state index is 13.6. The number of rotatable bonds is 3. The van der Waals surface area contributed by atoms with Crippen LogP contribution in [-0.2, 0) is 6.54 Å². The van der Waals surface area contributed by atoms with Gasteiger partial charge < -0.3 is 5.32 Å². The molecule has 2 aromatic rings. The van der Waals surface area contributed by atoms with Crippen LogP contribution in [0.25, 0.3) is 5.69 Å². The number of benzene rings is 1. The Morgan fingerprint density at radius 2 is 2.12 bits per heavy atom. The van der Waals surface area contributed by atoms with E-state index in [-0.39, 0.29) is 10.2 Å². The number of tetrazole rings is 1. The van der Waals surface area contributed by atoms with E-state index in [1.165, 1.54) is 10.7 Å². The van der Waals surface area contributed by atoms with Crippen molar-refractivity contribution < 1.29 is 8.78 Å². The Morgan fingerprint density at radius 1 is 1.35 bits per heavy atom. The van der Waals surface area contributed by atoms with E-state index in [9.17, 15) is 8.78 Å². The molecule has 17 heavy (non-hydrogen) atoms. The fraction of sp³-hybridized carbons (Fsp3) is 0.222. The molecule has 0 aliphatic carbocycles. The van der Waals surface area contributed by atoms with E-state index in [1.54, 1.807) is 7.05 Å². The zero-order valence-electron chi connectivity index (χ0n) is 8.78. The van der Waals surface area contributed by atoms with Gasteiger partial charge in [-0.1, -0.05) is 0 Å². The summed E-state index contributed by atoms with van der Waals surface area (Å²) in [6, 6.07) is 2.07. The molecule has 0 aliphatic rings. The van der Waals surface area contributed by atoms with Crippen LogP contribution in [-0.4, -0.2) is 27.3 Å². The fourth-order valence-electron chi connectivity index (χ4n) is 1.34. The monoisotopic (exact) mass is 303 g/mol. The van der Waals surface area contributed by atoms with Crippen molar-refractivity contribution in [3.63, 3.8) is 0 Å². The number of hydrogen-bond acceptors (Lipinski definition) is 4. The first-order valence-electron chi connectivity index (χ1n) is 4.70. The van der Waals surface area contributed by atoms with E-state index < -0.39 is 11.6 Å². The van der Waals surface area contributed by atoms with Crippen LogP contribution in [0.15, 0.2) is 16.6 Å². The van der Waals surface area contributed by atoms with Gasteiger partial charge in [-0.3, -0.25) is 0 Å². The molecule has 1 heterocycles. The van der Waals surface area contributed by atoms with Crippen LogP contribution in [0.5, 0.6) is 0 Å². The standard InChI is InChI=1S/C9H8BrF2N5/c1-13-4-9-14-15-16-17(9)8-2-5(10)6(11)3-7(8)12/h2-3,13H,4H2,1H3. The first kappa shape index (κ1) is 12.1. The van der Waals surface area contributed by atoms with E-state index in [0.717, 1.165) is 6.07 Å². The number of aromatic nitrogens is 4. The minimum atomic E-state index is -0.727. The van der Waals surface area contributed by atoms with E-state index in [4.69, 9.17) is 0 Å². The first-order valence-corrected chi connectivity index (χ1v) is 5.49. The van der Waals surface area contributed by atoms with E-state index in [1.807, 2.05) is 0 Å². The Balaban J connectivity index is 2.52. The average molecular weight is 304 g/mol. The Bertz CT molecular complexity index is 542. The summed E-state index contributed by atoms with van der Waals surface area (Å²) in [7, 11) is 1.72.